The highest BCUT2D eigenvalue weighted by molar-refractivity contribution is 5.94. The molecule has 1 aliphatic carbocycles. The zero-order valence-corrected chi connectivity index (χ0v) is 20.6. The molecule has 5 aliphatic rings. The van der Waals surface area contributed by atoms with Gasteiger partial charge < -0.3 is 24.2 Å². The normalized spacial score (nSPS) is 32.1. The van der Waals surface area contributed by atoms with Crippen molar-refractivity contribution in [1.82, 2.24) is 9.80 Å². The molecule has 0 bridgehead atoms. The molecule has 0 N–H and O–H groups in total. The molecule has 4 heterocycles. The molecular formula is C27H36FN3O4. The highest BCUT2D eigenvalue weighted by Gasteiger charge is 2.49. The average molecular weight is 486 g/mol. The second kappa shape index (κ2) is 9.04. The van der Waals surface area contributed by atoms with Gasteiger partial charge in [-0.1, -0.05) is 0 Å². The van der Waals surface area contributed by atoms with Gasteiger partial charge in [0.1, 0.15) is 11.9 Å². The Hall–Kier alpha value is -2.19. The number of benzene rings is 1. The second-order valence-corrected chi connectivity index (χ2v) is 11.2. The molecule has 4 fully saturated rings. The lowest BCUT2D eigenvalue weighted by atomic mass is 9.74. The van der Waals surface area contributed by atoms with Crippen molar-refractivity contribution in [3.63, 3.8) is 0 Å². The standard InChI is InChI=1S/C27H36FN3O4/c1-18(32)31-17-27(23-14-20(28)4-5-24(23)31)7-10-29(11-8-27)21-13-19-3-2-9-30(25(19)15-21)26(33)35-22-6-12-34-16-22/h4-5,14,19,21-22,25H,2-3,6-13,15-17H2,1H3/t19?,21?,22-,25?/m0/s1. The number of ether oxygens (including phenoxy) is 2. The van der Waals surface area contributed by atoms with E-state index in [1.165, 1.54) is 12.5 Å². The Bertz CT molecular complexity index is 989. The largest absolute Gasteiger partial charge is 0.444 e. The van der Waals surface area contributed by atoms with Crippen LogP contribution in [0.5, 0.6) is 0 Å². The molecule has 6 rings (SSSR count). The molecule has 190 valence electrons. The topological polar surface area (TPSA) is 62.3 Å². The van der Waals surface area contributed by atoms with E-state index in [2.05, 4.69) is 4.90 Å². The Morgan fingerprint density at radius 2 is 1.97 bits per heavy atom. The number of amides is 2. The van der Waals surface area contributed by atoms with E-state index < -0.39 is 0 Å². The number of fused-ring (bicyclic) bond motifs is 3. The molecule has 8 heteroatoms. The number of carbonyl (C=O) groups is 2. The van der Waals surface area contributed by atoms with Crippen molar-refractivity contribution in [3.05, 3.63) is 29.6 Å². The summed E-state index contributed by atoms with van der Waals surface area (Å²) in [5.74, 6) is 0.326. The number of hydrogen-bond donors (Lipinski definition) is 0. The van der Waals surface area contributed by atoms with Crippen molar-refractivity contribution in [2.24, 2.45) is 5.92 Å². The highest BCUT2D eigenvalue weighted by Crippen LogP contribution is 2.49. The van der Waals surface area contributed by atoms with Crippen molar-refractivity contribution in [2.45, 2.75) is 75.5 Å². The summed E-state index contributed by atoms with van der Waals surface area (Å²) in [5.41, 5.74) is 1.71. The van der Waals surface area contributed by atoms with Crippen LogP contribution >= 0.6 is 0 Å². The van der Waals surface area contributed by atoms with Crippen LogP contribution in [0.3, 0.4) is 0 Å². The van der Waals surface area contributed by atoms with E-state index in [4.69, 9.17) is 9.47 Å². The molecular weight excluding hydrogens is 449 g/mol. The van der Waals surface area contributed by atoms with Crippen LogP contribution in [-0.2, 0) is 19.7 Å². The average Bonchev–Trinajstić information content (AvgIpc) is 3.58. The maximum absolute atomic E-state index is 14.2. The molecule has 7 nitrogen and oxygen atoms in total. The quantitative estimate of drug-likeness (QED) is 0.639. The van der Waals surface area contributed by atoms with Crippen LogP contribution in [0.2, 0.25) is 0 Å². The Morgan fingerprint density at radius 1 is 1.14 bits per heavy atom. The molecule has 1 aromatic carbocycles. The monoisotopic (exact) mass is 485 g/mol. The van der Waals surface area contributed by atoms with Crippen LogP contribution in [-0.4, -0.2) is 79.4 Å². The van der Waals surface area contributed by atoms with E-state index in [9.17, 15) is 14.0 Å². The van der Waals surface area contributed by atoms with Crippen LogP contribution in [0.15, 0.2) is 18.2 Å². The van der Waals surface area contributed by atoms with Gasteiger partial charge in [-0.2, -0.15) is 0 Å². The minimum absolute atomic E-state index is 0.0215. The van der Waals surface area contributed by atoms with Gasteiger partial charge in [0.05, 0.1) is 13.2 Å². The molecule has 1 spiro atoms. The lowest BCUT2D eigenvalue weighted by Crippen LogP contribution is -2.49. The summed E-state index contributed by atoms with van der Waals surface area (Å²) in [5, 5.41) is 0. The molecule has 2 amide bonds. The number of halogens is 1. The van der Waals surface area contributed by atoms with Gasteiger partial charge in [0, 0.05) is 49.6 Å². The number of likely N-dealkylation sites (tertiary alicyclic amines) is 2. The Kier molecular flexibility index (Phi) is 6.00. The van der Waals surface area contributed by atoms with Gasteiger partial charge in [-0.3, -0.25) is 4.79 Å². The third-order valence-electron chi connectivity index (χ3n) is 9.33. The molecule has 1 aromatic rings. The zero-order valence-electron chi connectivity index (χ0n) is 20.6. The molecule has 3 saturated heterocycles. The summed E-state index contributed by atoms with van der Waals surface area (Å²) in [6, 6.07) is 5.59. The van der Waals surface area contributed by atoms with Crippen molar-refractivity contribution in [3.8, 4) is 0 Å². The Labute approximate surface area is 206 Å². The molecule has 3 unspecified atom stereocenters. The number of hydrogen-bond acceptors (Lipinski definition) is 5. The summed E-state index contributed by atoms with van der Waals surface area (Å²) < 4.78 is 25.3. The predicted molar refractivity (Wildman–Crippen MR) is 129 cm³/mol. The molecule has 4 aliphatic heterocycles. The Morgan fingerprint density at radius 3 is 2.71 bits per heavy atom. The van der Waals surface area contributed by atoms with E-state index in [-0.39, 0.29) is 35.4 Å². The fourth-order valence-corrected chi connectivity index (χ4v) is 7.46. The van der Waals surface area contributed by atoms with Crippen LogP contribution in [0, 0.1) is 11.7 Å². The maximum atomic E-state index is 14.2. The molecule has 35 heavy (non-hydrogen) atoms. The lowest BCUT2D eigenvalue weighted by Gasteiger charge is -2.42. The van der Waals surface area contributed by atoms with E-state index in [1.807, 2.05) is 9.80 Å². The third kappa shape index (κ3) is 4.12. The molecule has 4 atom stereocenters. The van der Waals surface area contributed by atoms with Crippen LogP contribution < -0.4 is 4.90 Å². The van der Waals surface area contributed by atoms with Gasteiger partial charge >= 0.3 is 6.09 Å². The van der Waals surface area contributed by atoms with Crippen LogP contribution in [0.25, 0.3) is 0 Å². The summed E-state index contributed by atoms with van der Waals surface area (Å²) >= 11 is 0. The number of carbonyl (C=O) groups excluding carboxylic acids is 2. The van der Waals surface area contributed by atoms with E-state index in [0.717, 1.165) is 69.4 Å². The van der Waals surface area contributed by atoms with Gasteiger partial charge in [0.2, 0.25) is 5.91 Å². The van der Waals surface area contributed by atoms with Crippen LogP contribution in [0.1, 0.15) is 57.4 Å². The van der Waals surface area contributed by atoms with Crippen molar-refractivity contribution in [1.29, 1.82) is 0 Å². The van der Waals surface area contributed by atoms with E-state index in [1.54, 1.807) is 19.1 Å². The smallest absolute Gasteiger partial charge is 0.410 e. The van der Waals surface area contributed by atoms with Crippen molar-refractivity contribution >= 4 is 17.7 Å². The number of rotatable bonds is 2. The number of anilines is 1. The number of nitrogens with zero attached hydrogens (tertiary/aromatic N) is 3. The van der Waals surface area contributed by atoms with Gasteiger partial charge in [0.25, 0.3) is 0 Å². The van der Waals surface area contributed by atoms with Crippen molar-refractivity contribution in [2.75, 3.05) is 44.3 Å². The highest BCUT2D eigenvalue weighted by atomic mass is 19.1. The first kappa shape index (κ1) is 23.2. The molecule has 0 aromatic heterocycles. The first-order valence-corrected chi connectivity index (χ1v) is 13.3. The molecule has 0 radical (unpaired) electrons. The zero-order chi connectivity index (χ0) is 24.2. The first-order valence-electron chi connectivity index (χ1n) is 13.3. The summed E-state index contributed by atoms with van der Waals surface area (Å²) in [4.78, 5) is 31.7. The van der Waals surface area contributed by atoms with E-state index in [0.29, 0.717) is 31.7 Å². The lowest BCUT2D eigenvalue weighted by molar-refractivity contribution is -0.116. The van der Waals surface area contributed by atoms with E-state index >= 15 is 0 Å². The third-order valence-corrected chi connectivity index (χ3v) is 9.33. The van der Waals surface area contributed by atoms with Crippen LogP contribution in [0.4, 0.5) is 14.9 Å². The minimum atomic E-state index is -0.230. The van der Waals surface area contributed by atoms with Gasteiger partial charge in [-0.05, 0) is 81.3 Å². The number of piperidine rings is 2. The fourth-order valence-electron chi connectivity index (χ4n) is 7.46. The fraction of sp³-hybridized carbons (Fsp3) is 0.704. The second-order valence-electron chi connectivity index (χ2n) is 11.2. The minimum Gasteiger partial charge on any atom is -0.444 e. The maximum Gasteiger partial charge on any atom is 0.410 e. The SMILES string of the molecule is CC(=O)N1CC2(CCN(C3CC4CCCN(C(=O)O[C@H]5CCOC5)C4C3)CC2)c2cc(F)ccc21. The van der Waals surface area contributed by atoms with Gasteiger partial charge in [-0.15, -0.1) is 0 Å². The summed E-state index contributed by atoms with van der Waals surface area (Å²) in [7, 11) is 0. The summed E-state index contributed by atoms with van der Waals surface area (Å²) in [6.45, 7) is 6.09. The van der Waals surface area contributed by atoms with Gasteiger partial charge in [0.15, 0.2) is 0 Å². The predicted octanol–water partition coefficient (Wildman–Crippen LogP) is 3.69. The molecule has 1 saturated carbocycles. The Balaban J connectivity index is 1.12. The first-order chi connectivity index (χ1) is 16.9. The van der Waals surface area contributed by atoms with Gasteiger partial charge in [-0.25, -0.2) is 9.18 Å². The summed E-state index contributed by atoms with van der Waals surface area (Å²) in [6.07, 6.45) is 6.71. The van der Waals surface area contributed by atoms with Crippen molar-refractivity contribution < 1.29 is 23.5 Å².